The van der Waals surface area contributed by atoms with E-state index in [-0.39, 0.29) is 0 Å². The van der Waals surface area contributed by atoms with Crippen molar-refractivity contribution in [3.63, 3.8) is 0 Å². The molecule has 1 aliphatic heterocycles. The van der Waals surface area contributed by atoms with Gasteiger partial charge in [-0.2, -0.15) is 0 Å². The minimum atomic E-state index is -0.417. The van der Waals surface area contributed by atoms with Crippen LogP contribution in [-0.2, 0) is 5.60 Å². The predicted molar refractivity (Wildman–Crippen MR) is 131 cm³/mol. The summed E-state index contributed by atoms with van der Waals surface area (Å²) in [6.45, 7) is 2.25. The van der Waals surface area contributed by atoms with E-state index in [0.717, 1.165) is 18.6 Å². The first-order chi connectivity index (χ1) is 15.3. The molecular formula is C30H28O. The van der Waals surface area contributed by atoms with Crippen molar-refractivity contribution < 1.29 is 4.74 Å². The highest BCUT2D eigenvalue weighted by molar-refractivity contribution is 5.93. The van der Waals surface area contributed by atoms with Gasteiger partial charge in [-0.1, -0.05) is 111 Å². The number of hydrogen-bond donors (Lipinski definition) is 0. The number of fused-ring (bicyclic) bond motifs is 3. The zero-order chi connectivity index (χ0) is 21.1. The molecule has 4 aromatic carbocycles. The molecule has 5 rings (SSSR count). The maximum Gasteiger partial charge on any atom is 0.152 e. The largest absolute Gasteiger partial charge is 0.478 e. The third-order valence-corrected chi connectivity index (χ3v) is 6.37. The molecule has 0 spiro atoms. The Morgan fingerprint density at radius 3 is 2.26 bits per heavy atom. The second-order valence-corrected chi connectivity index (χ2v) is 8.42. The second kappa shape index (κ2) is 8.43. The van der Waals surface area contributed by atoms with Crippen molar-refractivity contribution in [1.82, 2.24) is 0 Å². The Labute approximate surface area is 185 Å². The van der Waals surface area contributed by atoms with Gasteiger partial charge in [0.05, 0.1) is 0 Å². The summed E-state index contributed by atoms with van der Waals surface area (Å²) >= 11 is 0. The molecule has 0 fully saturated rings. The summed E-state index contributed by atoms with van der Waals surface area (Å²) in [6, 6.07) is 32.3. The lowest BCUT2D eigenvalue weighted by molar-refractivity contribution is 0.103. The van der Waals surface area contributed by atoms with Gasteiger partial charge in [0.25, 0.3) is 0 Å². The smallest absolute Gasteiger partial charge is 0.152 e. The lowest BCUT2D eigenvalue weighted by Gasteiger charge is -2.36. The molecule has 31 heavy (non-hydrogen) atoms. The van der Waals surface area contributed by atoms with Crippen molar-refractivity contribution in [2.45, 2.75) is 38.2 Å². The Morgan fingerprint density at radius 1 is 0.710 bits per heavy atom. The second-order valence-electron chi connectivity index (χ2n) is 8.42. The van der Waals surface area contributed by atoms with Crippen LogP contribution in [0.2, 0.25) is 0 Å². The molecular weight excluding hydrogens is 376 g/mol. The van der Waals surface area contributed by atoms with E-state index in [1.54, 1.807) is 0 Å². The molecule has 0 N–H and O–H groups in total. The van der Waals surface area contributed by atoms with Gasteiger partial charge in [0.2, 0.25) is 0 Å². The molecule has 1 atom stereocenters. The number of hydrogen-bond acceptors (Lipinski definition) is 1. The standard InChI is InChI=1S/C30H28O/c1-2-3-9-21-30(26-17-14-24(15-18-26)23-10-5-4-6-11-23)22-20-28-27-13-8-7-12-25(27)16-19-29(28)31-30/h4-8,10-20,22H,2-3,9,21H2,1H3. The van der Waals surface area contributed by atoms with E-state index in [4.69, 9.17) is 4.74 Å². The van der Waals surface area contributed by atoms with E-state index in [9.17, 15) is 0 Å². The Hall–Kier alpha value is -3.32. The van der Waals surface area contributed by atoms with Crippen molar-refractivity contribution >= 4 is 16.8 Å². The lowest BCUT2D eigenvalue weighted by atomic mass is 9.84. The zero-order valence-corrected chi connectivity index (χ0v) is 18.1. The van der Waals surface area contributed by atoms with Gasteiger partial charge in [-0.15, -0.1) is 0 Å². The molecule has 1 aliphatic rings. The minimum Gasteiger partial charge on any atom is -0.478 e. The molecule has 0 amide bonds. The fourth-order valence-electron chi connectivity index (χ4n) is 4.63. The predicted octanol–water partition coefficient (Wildman–Crippen LogP) is 8.39. The molecule has 0 aromatic heterocycles. The average Bonchev–Trinajstić information content (AvgIpc) is 2.84. The van der Waals surface area contributed by atoms with Crippen LogP contribution in [-0.4, -0.2) is 0 Å². The van der Waals surface area contributed by atoms with E-state index in [0.29, 0.717) is 0 Å². The Morgan fingerprint density at radius 2 is 1.45 bits per heavy atom. The first kappa shape index (κ1) is 19.6. The van der Waals surface area contributed by atoms with E-state index in [1.807, 2.05) is 0 Å². The van der Waals surface area contributed by atoms with Crippen LogP contribution in [0.4, 0.5) is 0 Å². The third-order valence-electron chi connectivity index (χ3n) is 6.37. The van der Waals surface area contributed by atoms with Crippen LogP contribution in [0.5, 0.6) is 5.75 Å². The Balaban J connectivity index is 1.54. The maximum absolute atomic E-state index is 6.82. The highest BCUT2D eigenvalue weighted by Crippen LogP contribution is 2.43. The summed E-state index contributed by atoms with van der Waals surface area (Å²) in [5, 5.41) is 2.50. The number of rotatable bonds is 6. The molecule has 1 unspecified atom stereocenters. The highest BCUT2D eigenvalue weighted by atomic mass is 16.5. The van der Waals surface area contributed by atoms with E-state index >= 15 is 0 Å². The summed E-state index contributed by atoms with van der Waals surface area (Å²) in [7, 11) is 0. The molecule has 0 aliphatic carbocycles. The van der Waals surface area contributed by atoms with Crippen molar-refractivity contribution in [1.29, 1.82) is 0 Å². The van der Waals surface area contributed by atoms with Gasteiger partial charge in [0.1, 0.15) is 5.75 Å². The van der Waals surface area contributed by atoms with Crippen LogP contribution >= 0.6 is 0 Å². The van der Waals surface area contributed by atoms with Crippen LogP contribution in [0.1, 0.15) is 43.7 Å². The maximum atomic E-state index is 6.82. The number of benzene rings is 4. The third kappa shape index (κ3) is 3.77. The minimum absolute atomic E-state index is 0.417. The monoisotopic (exact) mass is 404 g/mol. The van der Waals surface area contributed by atoms with Gasteiger partial charge in [-0.3, -0.25) is 0 Å². The van der Waals surface area contributed by atoms with Gasteiger partial charge in [-0.05, 0) is 52.4 Å². The first-order valence-corrected chi connectivity index (χ1v) is 11.3. The van der Waals surface area contributed by atoms with E-state index < -0.39 is 5.60 Å². The molecule has 0 radical (unpaired) electrons. The highest BCUT2D eigenvalue weighted by Gasteiger charge is 2.34. The van der Waals surface area contributed by atoms with Gasteiger partial charge in [0, 0.05) is 5.56 Å². The van der Waals surface area contributed by atoms with E-state index in [1.165, 1.54) is 45.9 Å². The van der Waals surface area contributed by atoms with Crippen LogP contribution in [0, 0.1) is 0 Å². The van der Waals surface area contributed by atoms with Crippen molar-refractivity contribution in [3.8, 4) is 16.9 Å². The summed E-state index contributed by atoms with van der Waals surface area (Å²) in [5.74, 6) is 0.977. The SMILES string of the molecule is CCCCCC1(c2ccc(-c3ccccc3)cc2)C=Cc2c(ccc3ccccc23)O1. The van der Waals surface area contributed by atoms with Crippen LogP contribution in [0.15, 0.2) is 97.1 Å². The molecule has 1 nitrogen and oxygen atoms in total. The molecule has 0 bridgehead atoms. The van der Waals surface area contributed by atoms with Crippen molar-refractivity contribution in [2.24, 2.45) is 0 Å². The van der Waals surface area contributed by atoms with Gasteiger partial charge in [0.15, 0.2) is 5.60 Å². The van der Waals surface area contributed by atoms with Gasteiger partial charge < -0.3 is 4.74 Å². The van der Waals surface area contributed by atoms with Gasteiger partial charge >= 0.3 is 0 Å². The van der Waals surface area contributed by atoms with Crippen LogP contribution in [0.3, 0.4) is 0 Å². The quantitative estimate of drug-likeness (QED) is 0.293. The van der Waals surface area contributed by atoms with Crippen LogP contribution in [0.25, 0.3) is 28.0 Å². The number of ether oxygens (including phenoxy) is 1. The van der Waals surface area contributed by atoms with Gasteiger partial charge in [-0.25, -0.2) is 0 Å². The normalized spacial score (nSPS) is 17.3. The summed E-state index contributed by atoms with van der Waals surface area (Å²) in [6.07, 6.45) is 9.10. The van der Waals surface area contributed by atoms with Crippen molar-refractivity contribution in [3.05, 3.63) is 108 Å². The molecule has 0 saturated heterocycles. The van der Waals surface area contributed by atoms with Crippen LogP contribution < -0.4 is 4.74 Å². The average molecular weight is 405 g/mol. The van der Waals surface area contributed by atoms with Crippen molar-refractivity contribution in [2.75, 3.05) is 0 Å². The molecule has 4 aromatic rings. The summed E-state index contributed by atoms with van der Waals surface area (Å²) < 4.78 is 6.82. The first-order valence-electron chi connectivity index (χ1n) is 11.3. The molecule has 154 valence electrons. The number of unbranched alkanes of at least 4 members (excludes halogenated alkanes) is 2. The zero-order valence-electron chi connectivity index (χ0n) is 18.1. The topological polar surface area (TPSA) is 9.23 Å². The Bertz CT molecular complexity index is 1200. The molecule has 1 heterocycles. The summed E-state index contributed by atoms with van der Waals surface area (Å²) in [4.78, 5) is 0. The fraction of sp³-hybridized carbons (Fsp3) is 0.200. The fourth-order valence-corrected chi connectivity index (χ4v) is 4.63. The molecule has 1 heteroatoms. The lowest BCUT2D eigenvalue weighted by Crippen LogP contribution is -2.33. The Kier molecular flexibility index (Phi) is 5.34. The van der Waals surface area contributed by atoms with E-state index in [2.05, 4.69) is 110 Å². The molecule has 0 saturated carbocycles. The summed E-state index contributed by atoms with van der Waals surface area (Å²) in [5.41, 5.74) is 4.47.